The number of nitrogens with zero attached hydrogens (tertiary/aromatic N) is 2. The maximum atomic E-state index is 13.5. The van der Waals surface area contributed by atoms with Crippen molar-refractivity contribution in [2.24, 2.45) is 0 Å². The Morgan fingerprint density at radius 3 is 2.68 bits per heavy atom. The summed E-state index contributed by atoms with van der Waals surface area (Å²) in [7, 11) is -2.35. The van der Waals surface area contributed by atoms with Gasteiger partial charge in [-0.2, -0.15) is 0 Å². The van der Waals surface area contributed by atoms with Gasteiger partial charge in [0.25, 0.3) is 0 Å². The monoisotopic (exact) mass is 405 g/mol. The van der Waals surface area contributed by atoms with Gasteiger partial charge >= 0.3 is 0 Å². The van der Waals surface area contributed by atoms with Crippen molar-refractivity contribution >= 4 is 10.0 Å². The van der Waals surface area contributed by atoms with Gasteiger partial charge in [-0.05, 0) is 43.8 Å². The minimum atomic E-state index is -3.68. The molecule has 0 bridgehead atoms. The first-order chi connectivity index (χ1) is 13.4. The standard InChI is InChI=1S/C19H17F2N3O3S/c1-22-28(25,26)13-5-7-18(27-12-4-6-15(20)16(21)9-12)14(10-13)17-11-24-8-2-3-19(24)23-17/h4-7,9-11,22H,2-3,8H2,1H3. The van der Waals surface area contributed by atoms with Crippen LogP contribution in [0.4, 0.5) is 8.78 Å². The lowest BCUT2D eigenvalue weighted by Gasteiger charge is -2.12. The van der Waals surface area contributed by atoms with Crippen LogP contribution in [0.15, 0.2) is 47.5 Å². The number of aromatic nitrogens is 2. The zero-order valence-corrected chi connectivity index (χ0v) is 15.8. The van der Waals surface area contributed by atoms with Gasteiger partial charge in [0.1, 0.15) is 17.3 Å². The van der Waals surface area contributed by atoms with Gasteiger partial charge in [0.05, 0.1) is 10.6 Å². The van der Waals surface area contributed by atoms with Crippen molar-refractivity contribution in [3.8, 4) is 22.8 Å². The van der Waals surface area contributed by atoms with Gasteiger partial charge in [-0.25, -0.2) is 26.9 Å². The van der Waals surface area contributed by atoms with Gasteiger partial charge in [-0.3, -0.25) is 0 Å². The third-order valence-electron chi connectivity index (χ3n) is 4.58. The number of ether oxygens (including phenoxy) is 1. The molecule has 1 aliphatic rings. The molecule has 28 heavy (non-hydrogen) atoms. The number of halogens is 2. The molecule has 146 valence electrons. The number of hydrogen-bond acceptors (Lipinski definition) is 4. The predicted octanol–water partition coefficient (Wildman–Crippen LogP) is 3.47. The lowest BCUT2D eigenvalue weighted by Crippen LogP contribution is -2.18. The molecule has 6 nitrogen and oxygen atoms in total. The van der Waals surface area contributed by atoms with Crippen molar-refractivity contribution in [1.82, 2.24) is 14.3 Å². The number of hydrogen-bond donors (Lipinski definition) is 1. The molecule has 2 heterocycles. The first kappa shape index (κ1) is 18.6. The normalized spacial score (nSPS) is 13.5. The van der Waals surface area contributed by atoms with E-state index in [0.717, 1.165) is 37.3 Å². The van der Waals surface area contributed by atoms with Gasteiger partial charge in [-0.1, -0.05) is 0 Å². The van der Waals surface area contributed by atoms with E-state index in [1.54, 1.807) is 0 Å². The Morgan fingerprint density at radius 1 is 1.14 bits per heavy atom. The van der Waals surface area contributed by atoms with Crippen LogP contribution in [-0.4, -0.2) is 25.0 Å². The molecule has 1 aromatic heterocycles. The van der Waals surface area contributed by atoms with Crippen LogP contribution in [0.2, 0.25) is 0 Å². The molecule has 0 amide bonds. The zero-order valence-electron chi connectivity index (χ0n) is 14.9. The van der Waals surface area contributed by atoms with Crippen molar-refractivity contribution in [3.63, 3.8) is 0 Å². The summed E-state index contributed by atoms with van der Waals surface area (Å²) < 4.78 is 61.1. The van der Waals surface area contributed by atoms with E-state index >= 15 is 0 Å². The van der Waals surface area contributed by atoms with E-state index in [2.05, 4.69) is 9.71 Å². The van der Waals surface area contributed by atoms with Crippen LogP contribution < -0.4 is 9.46 Å². The number of fused-ring (bicyclic) bond motifs is 1. The van der Waals surface area contributed by atoms with E-state index in [4.69, 9.17) is 4.74 Å². The molecule has 0 atom stereocenters. The van der Waals surface area contributed by atoms with Gasteiger partial charge < -0.3 is 9.30 Å². The van der Waals surface area contributed by atoms with E-state index < -0.39 is 21.7 Å². The van der Waals surface area contributed by atoms with E-state index in [9.17, 15) is 17.2 Å². The fourth-order valence-corrected chi connectivity index (χ4v) is 3.89. The van der Waals surface area contributed by atoms with E-state index in [0.29, 0.717) is 11.3 Å². The molecular formula is C19H17F2N3O3S. The van der Waals surface area contributed by atoms with Crippen LogP contribution in [0.5, 0.6) is 11.5 Å². The number of nitrogens with one attached hydrogen (secondary N) is 1. The highest BCUT2D eigenvalue weighted by atomic mass is 32.2. The summed E-state index contributed by atoms with van der Waals surface area (Å²) in [6.07, 6.45) is 3.69. The average molecular weight is 405 g/mol. The average Bonchev–Trinajstić information content (AvgIpc) is 3.27. The Balaban J connectivity index is 1.81. The molecule has 0 spiro atoms. The third kappa shape index (κ3) is 3.38. The van der Waals surface area contributed by atoms with Crippen LogP contribution >= 0.6 is 0 Å². The van der Waals surface area contributed by atoms with Crippen molar-refractivity contribution < 1.29 is 21.9 Å². The number of aryl methyl sites for hydroxylation is 2. The highest BCUT2D eigenvalue weighted by Crippen LogP contribution is 2.36. The first-order valence-corrected chi connectivity index (χ1v) is 10.1. The fourth-order valence-electron chi connectivity index (χ4n) is 3.14. The van der Waals surface area contributed by atoms with E-state index in [1.165, 1.54) is 31.3 Å². The minimum Gasteiger partial charge on any atom is -0.457 e. The fraction of sp³-hybridized carbons (Fsp3) is 0.211. The summed E-state index contributed by atoms with van der Waals surface area (Å²) in [5.41, 5.74) is 1.00. The molecule has 2 aromatic carbocycles. The van der Waals surface area contributed by atoms with Crippen LogP contribution in [0.1, 0.15) is 12.2 Å². The topological polar surface area (TPSA) is 73.2 Å². The molecular weight excluding hydrogens is 388 g/mol. The second-order valence-corrected chi connectivity index (χ2v) is 8.27. The molecule has 0 radical (unpaired) electrons. The molecule has 1 N–H and O–H groups in total. The highest BCUT2D eigenvalue weighted by molar-refractivity contribution is 7.89. The maximum absolute atomic E-state index is 13.5. The van der Waals surface area contributed by atoms with Crippen molar-refractivity contribution in [1.29, 1.82) is 0 Å². The first-order valence-electron chi connectivity index (χ1n) is 8.64. The lowest BCUT2D eigenvalue weighted by molar-refractivity contribution is 0.462. The summed E-state index contributed by atoms with van der Waals surface area (Å²) in [6.45, 7) is 0.843. The van der Waals surface area contributed by atoms with Gasteiger partial charge in [0.15, 0.2) is 11.6 Å². The Labute approximate surface area is 160 Å². The maximum Gasteiger partial charge on any atom is 0.240 e. The summed E-state index contributed by atoms with van der Waals surface area (Å²) in [4.78, 5) is 4.63. The van der Waals surface area contributed by atoms with Crippen LogP contribution in [0.25, 0.3) is 11.3 Å². The molecule has 0 fully saturated rings. The molecule has 9 heteroatoms. The summed E-state index contributed by atoms with van der Waals surface area (Å²) in [5, 5.41) is 0. The minimum absolute atomic E-state index is 0.0517. The molecule has 0 saturated carbocycles. The number of sulfonamides is 1. The zero-order chi connectivity index (χ0) is 19.9. The van der Waals surface area contributed by atoms with Gasteiger partial charge in [0, 0.05) is 30.8 Å². The second-order valence-electron chi connectivity index (χ2n) is 6.38. The third-order valence-corrected chi connectivity index (χ3v) is 6.00. The Morgan fingerprint density at radius 2 is 1.96 bits per heavy atom. The molecule has 4 rings (SSSR count). The van der Waals surface area contributed by atoms with Crippen LogP contribution in [0.3, 0.4) is 0 Å². The van der Waals surface area contributed by atoms with Gasteiger partial charge in [-0.15, -0.1) is 0 Å². The number of benzene rings is 2. The summed E-state index contributed by atoms with van der Waals surface area (Å²) in [5.74, 6) is -0.715. The lowest BCUT2D eigenvalue weighted by atomic mass is 10.1. The summed E-state index contributed by atoms with van der Waals surface area (Å²) >= 11 is 0. The highest BCUT2D eigenvalue weighted by Gasteiger charge is 2.21. The van der Waals surface area contributed by atoms with Gasteiger partial charge in [0.2, 0.25) is 10.0 Å². The molecule has 0 aliphatic carbocycles. The Hall–Kier alpha value is -2.78. The Kier molecular flexibility index (Phi) is 4.64. The molecule has 1 aliphatic heterocycles. The largest absolute Gasteiger partial charge is 0.457 e. The van der Waals surface area contributed by atoms with E-state index in [-0.39, 0.29) is 16.4 Å². The summed E-state index contributed by atoms with van der Waals surface area (Å²) in [6, 6.07) is 7.52. The number of rotatable bonds is 5. The van der Waals surface area contributed by atoms with Crippen molar-refractivity contribution in [2.75, 3.05) is 7.05 Å². The quantitative estimate of drug-likeness (QED) is 0.705. The SMILES string of the molecule is CNS(=O)(=O)c1ccc(Oc2ccc(F)c(F)c2)c(-c2cn3c(n2)CCC3)c1. The van der Waals surface area contributed by atoms with Crippen molar-refractivity contribution in [3.05, 3.63) is 60.1 Å². The molecule has 0 saturated heterocycles. The second kappa shape index (κ2) is 6.99. The van der Waals surface area contributed by atoms with E-state index in [1.807, 2.05) is 10.8 Å². The van der Waals surface area contributed by atoms with Crippen molar-refractivity contribution in [2.45, 2.75) is 24.3 Å². The van der Waals surface area contributed by atoms with Crippen LogP contribution in [0, 0.1) is 11.6 Å². The molecule has 0 unspecified atom stereocenters. The Bertz CT molecular complexity index is 1140. The molecule has 3 aromatic rings. The number of imidazole rings is 1. The smallest absolute Gasteiger partial charge is 0.240 e. The predicted molar refractivity (Wildman–Crippen MR) is 98.7 cm³/mol. The van der Waals surface area contributed by atoms with Crippen LogP contribution in [-0.2, 0) is 23.0 Å².